The van der Waals surface area contributed by atoms with Gasteiger partial charge in [-0.1, -0.05) is 6.58 Å². The molecule has 5 heteroatoms. The molecule has 0 fully saturated rings. The summed E-state index contributed by atoms with van der Waals surface area (Å²) in [6.45, 7) is 3.26. The molecule has 1 atom stereocenters. The van der Waals surface area contributed by atoms with Crippen molar-refractivity contribution in [3.05, 3.63) is 12.7 Å². The summed E-state index contributed by atoms with van der Waals surface area (Å²) < 4.78 is 4.33. The number of primary amides is 1. The first kappa shape index (κ1) is 10.0. The number of nitrogens with two attached hydrogens (primary N) is 1. The second kappa shape index (κ2) is 4.79. The summed E-state index contributed by atoms with van der Waals surface area (Å²) in [6, 6.07) is 0. The monoisotopic (exact) mass is 169 g/mol. The van der Waals surface area contributed by atoms with Gasteiger partial charge >= 0.3 is 12.1 Å². The third-order valence-electron chi connectivity index (χ3n) is 0.779. The highest BCUT2D eigenvalue weighted by atomic mass is 16.6. The molecule has 64 valence electrons. The van der Waals surface area contributed by atoms with Crippen LogP contribution in [0.4, 0.5) is 4.79 Å². The Labute approximate surface area is 68.8 Å². The van der Waals surface area contributed by atoms with Crippen LogP contribution in [0, 0.1) is 11.8 Å². The van der Waals surface area contributed by atoms with Crippen molar-refractivity contribution < 1.29 is 19.4 Å². The van der Waals surface area contributed by atoms with Crippen molar-refractivity contribution in [1.29, 1.82) is 0 Å². The maximum atomic E-state index is 10.2. The summed E-state index contributed by atoms with van der Waals surface area (Å²) in [5.74, 6) is 2.56. The predicted octanol–water partition coefficient (Wildman–Crippen LogP) is -0.276. The zero-order valence-electron chi connectivity index (χ0n) is 6.11. The molecule has 0 saturated heterocycles. The van der Waals surface area contributed by atoms with Crippen LogP contribution in [0.15, 0.2) is 12.7 Å². The van der Waals surface area contributed by atoms with Gasteiger partial charge in [0, 0.05) is 5.92 Å². The van der Waals surface area contributed by atoms with Gasteiger partial charge in [-0.2, -0.15) is 0 Å². The van der Waals surface area contributed by atoms with Gasteiger partial charge in [0.25, 0.3) is 0 Å². The van der Waals surface area contributed by atoms with E-state index in [1.165, 1.54) is 6.08 Å². The number of aliphatic carboxylic acids is 1. The molecule has 1 unspecified atom stereocenters. The average molecular weight is 169 g/mol. The lowest BCUT2D eigenvalue weighted by atomic mass is 10.3. The van der Waals surface area contributed by atoms with E-state index < -0.39 is 18.2 Å². The van der Waals surface area contributed by atoms with Crippen LogP contribution in [0.25, 0.3) is 0 Å². The van der Waals surface area contributed by atoms with Gasteiger partial charge in [0.2, 0.25) is 0 Å². The van der Waals surface area contributed by atoms with E-state index in [0.717, 1.165) is 0 Å². The van der Waals surface area contributed by atoms with E-state index in [-0.39, 0.29) is 0 Å². The fraction of sp³-hybridized carbons (Fsp3) is 0.143. The van der Waals surface area contributed by atoms with Gasteiger partial charge in [-0.05, 0) is 12.0 Å². The van der Waals surface area contributed by atoms with Crippen molar-refractivity contribution in [2.45, 2.75) is 6.10 Å². The van der Waals surface area contributed by atoms with Crippen LogP contribution in [0.5, 0.6) is 0 Å². The summed E-state index contributed by atoms with van der Waals surface area (Å²) in [4.78, 5) is 20.1. The molecule has 0 aliphatic rings. The van der Waals surface area contributed by atoms with E-state index in [1.807, 2.05) is 0 Å². The van der Waals surface area contributed by atoms with Crippen LogP contribution in [-0.2, 0) is 9.53 Å². The molecule has 0 aromatic carbocycles. The second-order valence-corrected chi connectivity index (χ2v) is 1.67. The van der Waals surface area contributed by atoms with Gasteiger partial charge in [0.15, 0.2) is 6.10 Å². The Kier molecular flexibility index (Phi) is 4.01. The van der Waals surface area contributed by atoms with E-state index in [0.29, 0.717) is 0 Å². The number of carbonyl (C=O) groups is 2. The van der Waals surface area contributed by atoms with Crippen LogP contribution in [0.1, 0.15) is 0 Å². The Morgan fingerprint density at radius 1 is 1.67 bits per heavy atom. The van der Waals surface area contributed by atoms with Gasteiger partial charge in [-0.25, -0.2) is 9.59 Å². The van der Waals surface area contributed by atoms with E-state index >= 15 is 0 Å². The SMILES string of the molecule is C=CC(C#CC(=O)O)OC(N)=O. The molecule has 0 spiro atoms. The number of hydrogen-bond donors (Lipinski definition) is 2. The molecular formula is C7H7NO4. The average Bonchev–Trinajstić information content (AvgIpc) is 1.97. The highest BCUT2D eigenvalue weighted by molar-refractivity contribution is 5.86. The predicted molar refractivity (Wildman–Crippen MR) is 40.1 cm³/mol. The number of amides is 1. The van der Waals surface area contributed by atoms with Gasteiger partial charge in [-0.15, -0.1) is 0 Å². The van der Waals surface area contributed by atoms with Crippen LogP contribution >= 0.6 is 0 Å². The highest BCUT2D eigenvalue weighted by Gasteiger charge is 2.02. The molecule has 0 aromatic heterocycles. The van der Waals surface area contributed by atoms with E-state index in [2.05, 4.69) is 23.0 Å². The first-order chi connectivity index (χ1) is 5.56. The molecule has 0 aromatic rings. The third-order valence-corrected chi connectivity index (χ3v) is 0.779. The lowest BCUT2D eigenvalue weighted by molar-refractivity contribution is -0.130. The highest BCUT2D eigenvalue weighted by Crippen LogP contribution is 1.89. The molecular weight excluding hydrogens is 162 g/mol. The quantitative estimate of drug-likeness (QED) is 0.439. The van der Waals surface area contributed by atoms with Crippen LogP contribution < -0.4 is 5.73 Å². The van der Waals surface area contributed by atoms with Gasteiger partial charge in [0.05, 0.1) is 0 Å². The Balaban J connectivity index is 4.20. The van der Waals surface area contributed by atoms with E-state index in [4.69, 9.17) is 5.11 Å². The van der Waals surface area contributed by atoms with E-state index in [1.54, 1.807) is 5.92 Å². The van der Waals surface area contributed by atoms with Crippen molar-refractivity contribution in [1.82, 2.24) is 0 Å². The molecule has 0 aliphatic heterocycles. The molecule has 0 bridgehead atoms. The topological polar surface area (TPSA) is 89.6 Å². The molecule has 0 heterocycles. The second-order valence-electron chi connectivity index (χ2n) is 1.67. The summed E-state index contributed by atoms with van der Waals surface area (Å²) in [7, 11) is 0. The maximum Gasteiger partial charge on any atom is 0.406 e. The molecule has 12 heavy (non-hydrogen) atoms. The van der Waals surface area contributed by atoms with Crippen LogP contribution in [-0.4, -0.2) is 23.3 Å². The number of carbonyl (C=O) groups excluding carboxylic acids is 1. The molecule has 1 amide bonds. The molecule has 0 aliphatic carbocycles. The molecule has 0 rings (SSSR count). The Morgan fingerprint density at radius 3 is 2.58 bits per heavy atom. The van der Waals surface area contributed by atoms with Gasteiger partial charge < -0.3 is 15.6 Å². The summed E-state index contributed by atoms with van der Waals surface area (Å²) in [5, 5.41) is 8.11. The van der Waals surface area contributed by atoms with E-state index in [9.17, 15) is 9.59 Å². The fourth-order valence-corrected chi connectivity index (χ4v) is 0.395. The molecule has 3 N–H and O–H groups in total. The zero-order chi connectivity index (χ0) is 9.56. The lowest BCUT2D eigenvalue weighted by Gasteiger charge is -2.02. The zero-order valence-corrected chi connectivity index (χ0v) is 6.11. The number of ether oxygens (including phenoxy) is 1. The first-order valence-electron chi connectivity index (χ1n) is 2.89. The molecule has 0 saturated carbocycles. The Bertz CT molecular complexity index is 260. The van der Waals surface area contributed by atoms with Gasteiger partial charge in [-0.3, -0.25) is 0 Å². The number of hydrogen-bond acceptors (Lipinski definition) is 3. The minimum Gasteiger partial charge on any atom is -0.472 e. The van der Waals surface area contributed by atoms with Crippen LogP contribution in [0.3, 0.4) is 0 Å². The fourth-order valence-electron chi connectivity index (χ4n) is 0.395. The summed E-state index contributed by atoms with van der Waals surface area (Å²) >= 11 is 0. The summed E-state index contributed by atoms with van der Waals surface area (Å²) in [5.41, 5.74) is 4.65. The normalized spacial score (nSPS) is 10.3. The number of carboxylic acids is 1. The van der Waals surface area contributed by atoms with Crippen molar-refractivity contribution in [3.63, 3.8) is 0 Å². The minimum absolute atomic E-state index is 0.974. The Morgan fingerprint density at radius 2 is 2.25 bits per heavy atom. The summed E-state index contributed by atoms with van der Waals surface area (Å²) in [6.07, 6.45) is -0.834. The molecule has 0 radical (unpaired) electrons. The van der Waals surface area contributed by atoms with Crippen LogP contribution in [0.2, 0.25) is 0 Å². The number of rotatable bonds is 2. The third kappa shape index (κ3) is 4.88. The van der Waals surface area contributed by atoms with Crippen molar-refractivity contribution in [2.75, 3.05) is 0 Å². The smallest absolute Gasteiger partial charge is 0.406 e. The van der Waals surface area contributed by atoms with Crippen molar-refractivity contribution in [2.24, 2.45) is 5.73 Å². The van der Waals surface area contributed by atoms with Gasteiger partial charge in [0.1, 0.15) is 0 Å². The standard InChI is InChI=1S/C7H7NO4/c1-2-5(12-7(8)11)3-4-6(9)10/h2,5H,1H2,(H2,8,11)(H,9,10). The Hall–Kier alpha value is -1.96. The van der Waals surface area contributed by atoms with Crippen molar-refractivity contribution >= 4 is 12.1 Å². The largest absolute Gasteiger partial charge is 0.472 e. The first-order valence-corrected chi connectivity index (χ1v) is 2.89. The lowest BCUT2D eigenvalue weighted by Crippen LogP contribution is -2.19. The number of carboxylic acid groups (broad SMARTS) is 1. The maximum absolute atomic E-state index is 10.2. The minimum atomic E-state index is -1.31. The van der Waals surface area contributed by atoms with Crippen molar-refractivity contribution in [3.8, 4) is 11.8 Å². The molecule has 5 nitrogen and oxygen atoms in total.